The Kier molecular flexibility index (Phi) is 4.22. The molecule has 1 aromatic heterocycles. The number of carbonyl (C=O) groups excluding carboxylic acids is 1. The molecule has 0 bridgehead atoms. The van der Waals surface area contributed by atoms with Crippen molar-refractivity contribution in [3.05, 3.63) is 11.2 Å². The topological polar surface area (TPSA) is 76.6 Å². The molecule has 1 saturated heterocycles. The Balaban J connectivity index is 2.30. The molecule has 2 rings (SSSR count). The molecule has 8 heteroatoms. The zero-order chi connectivity index (χ0) is 14.0. The highest BCUT2D eigenvalue weighted by Crippen LogP contribution is 2.28. The number of hydrogen-bond acceptors (Lipinski definition) is 6. The van der Waals surface area contributed by atoms with E-state index in [1.165, 1.54) is 16.9 Å². The van der Waals surface area contributed by atoms with Gasteiger partial charge in [0.2, 0.25) is 0 Å². The third-order valence-electron chi connectivity index (χ3n) is 3.23. The summed E-state index contributed by atoms with van der Waals surface area (Å²) in [6.45, 7) is 3.08. The predicted molar refractivity (Wildman–Crippen MR) is 70.6 cm³/mol. The molecule has 1 fully saturated rings. The van der Waals surface area contributed by atoms with Crippen LogP contribution in [0.5, 0.6) is 0 Å². The zero-order valence-electron chi connectivity index (χ0n) is 10.8. The summed E-state index contributed by atoms with van der Waals surface area (Å²) in [7, 11) is -2.43. The van der Waals surface area contributed by atoms with Gasteiger partial charge in [-0.05, 0) is 18.8 Å². The molecule has 6 nitrogen and oxygen atoms in total. The van der Waals surface area contributed by atoms with Crippen LogP contribution in [0.25, 0.3) is 0 Å². The van der Waals surface area contributed by atoms with E-state index in [-0.39, 0.29) is 9.90 Å². The van der Waals surface area contributed by atoms with Crippen LogP contribution in [-0.4, -0.2) is 43.9 Å². The van der Waals surface area contributed by atoms with Gasteiger partial charge >= 0.3 is 5.97 Å². The minimum atomic E-state index is -3.64. The van der Waals surface area contributed by atoms with Crippen molar-refractivity contribution in [2.24, 2.45) is 5.92 Å². The summed E-state index contributed by atoms with van der Waals surface area (Å²) in [5, 5.41) is 0. The lowest BCUT2D eigenvalue weighted by Gasteiger charge is -2.28. The molecular formula is C11H16N2O4S2. The molecule has 1 aliphatic heterocycles. The van der Waals surface area contributed by atoms with E-state index in [1.54, 1.807) is 0 Å². The van der Waals surface area contributed by atoms with Gasteiger partial charge in [-0.25, -0.2) is 18.2 Å². The molecule has 19 heavy (non-hydrogen) atoms. The van der Waals surface area contributed by atoms with Gasteiger partial charge in [0, 0.05) is 13.1 Å². The van der Waals surface area contributed by atoms with Crippen molar-refractivity contribution in [3.8, 4) is 0 Å². The monoisotopic (exact) mass is 304 g/mol. The van der Waals surface area contributed by atoms with E-state index in [1.807, 2.05) is 0 Å². The van der Waals surface area contributed by atoms with E-state index in [2.05, 4.69) is 16.6 Å². The predicted octanol–water partition coefficient (Wildman–Crippen LogP) is 1.35. The molecular weight excluding hydrogens is 288 g/mol. The number of hydrogen-bond donors (Lipinski definition) is 0. The van der Waals surface area contributed by atoms with E-state index < -0.39 is 16.0 Å². The van der Waals surface area contributed by atoms with Gasteiger partial charge in [0.15, 0.2) is 9.90 Å². The van der Waals surface area contributed by atoms with Crippen molar-refractivity contribution in [3.63, 3.8) is 0 Å². The van der Waals surface area contributed by atoms with Gasteiger partial charge in [-0.1, -0.05) is 6.92 Å². The first-order valence-corrected chi connectivity index (χ1v) is 8.30. The van der Waals surface area contributed by atoms with Crippen molar-refractivity contribution < 1.29 is 17.9 Å². The van der Waals surface area contributed by atoms with Gasteiger partial charge in [-0.3, -0.25) is 0 Å². The van der Waals surface area contributed by atoms with Crippen LogP contribution in [0.4, 0.5) is 0 Å². The molecule has 0 saturated carbocycles. The molecule has 0 N–H and O–H groups in total. The SMILES string of the molecule is COC(=O)c1ncsc1S(=O)(=O)N1CCC(C)CC1. The van der Waals surface area contributed by atoms with Crippen LogP contribution < -0.4 is 0 Å². The van der Waals surface area contributed by atoms with E-state index in [9.17, 15) is 13.2 Å². The minimum absolute atomic E-state index is 0.0195. The van der Waals surface area contributed by atoms with Crippen molar-refractivity contribution in [1.29, 1.82) is 0 Å². The number of carbonyl (C=O) groups is 1. The van der Waals surface area contributed by atoms with Crippen LogP contribution in [0.1, 0.15) is 30.3 Å². The first kappa shape index (κ1) is 14.4. The van der Waals surface area contributed by atoms with Crippen LogP contribution in [0.3, 0.4) is 0 Å². The standard InChI is InChI=1S/C11H16N2O4S2/c1-8-3-5-13(6-4-8)19(15,16)11-9(10(14)17-2)12-7-18-11/h7-8H,3-6H2,1-2H3. The molecule has 0 aliphatic carbocycles. The third kappa shape index (κ3) is 2.80. The molecule has 0 radical (unpaired) electrons. The first-order valence-electron chi connectivity index (χ1n) is 5.98. The summed E-state index contributed by atoms with van der Waals surface area (Å²) < 4.78 is 30.9. The minimum Gasteiger partial charge on any atom is -0.464 e. The van der Waals surface area contributed by atoms with Gasteiger partial charge in [0.05, 0.1) is 12.6 Å². The Labute approximate surface area is 116 Å². The van der Waals surface area contributed by atoms with Crippen molar-refractivity contribution in [2.45, 2.75) is 24.0 Å². The number of rotatable bonds is 3. The fourth-order valence-electron chi connectivity index (χ4n) is 1.99. The summed E-state index contributed by atoms with van der Waals surface area (Å²) in [4.78, 5) is 15.3. The number of sulfonamides is 1. The second-order valence-corrected chi connectivity index (χ2v) is 7.55. The Morgan fingerprint density at radius 2 is 2.11 bits per heavy atom. The van der Waals surface area contributed by atoms with Gasteiger partial charge in [0.25, 0.3) is 10.0 Å². The smallest absolute Gasteiger partial charge is 0.358 e. The van der Waals surface area contributed by atoms with Gasteiger partial charge in [0.1, 0.15) is 0 Å². The number of nitrogens with zero attached hydrogens (tertiary/aromatic N) is 2. The molecule has 0 atom stereocenters. The molecule has 0 unspecified atom stereocenters. The van der Waals surface area contributed by atoms with Crippen LogP contribution in [0.2, 0.25) is 0 Å². The Hall–Kier alpha value is -0.990. The van der Waals surface area contributed by atoms with E-state index in [4.69, 9.17) is 0 Å². The van der Waals surface area contributed by atoms with Gasteiger partial charge in [-0.2, -0.15) is 4.31 Å². The zero-order valence-corrected chi connectivity index (χ0v) is 12.5. The lowest BCUT2D eigenvalue weighted by molar-refractivity contribution is 0.0590. The van der Waals surface area contributed by atoms with Gasteiger partial charge in [-0.15, -0.1) is 11.3 Å². The van der Waals surface area contributed by atoms with E-state index in [0.29, 0.717) is 19.0 Å². The van der Waals surface area contributed by atoms with Crippen LogP contribution in [0.15, 0.2) is 9.72 Å². The fraction of sp³-hybridized carbons (Fsp3) is 0.636. The third-order valence-corrected chi connectivity index (χ3v) is 6.48. The van der Waals surface area contributed by atoms with Crippen molar-refractivity contribution in [1.82, 2.24) is 9.29 Å². The molecule has 0 aromatic carbocycles. The Morgan fingerprint density at radius 3 is 2.68 bits per heavy atom. The van der Waals surface area contributed by atoms with Crippen LogP contribution in [0, 0.1) is 5.92 Å². The highest BCUT2D eigenvalue weighted by Gasteiger charge is 2.33. The molecule has 106 valence electrons. The van der Waals surface area contributed by atoms with E-state index in [0.717, 1.165) is 24.2 Å². The summed E-state index contributed by atoms with van der Waals surface area (Å²) in [6, 6.07) is 0. The Morgan fingerprint density at radius 1 is 1.47 bits per heavy atom. The average Bonchev–Trinajstić information content (AvgIpc) is 2.88. The number of methoxy groups -OCH3 is 1. The average molecular weight is 304 g/mol. The summed E-state index contributed by atoms with van der Waals surface area (Å²) in [5.74, 6) is -0.182. The number of ether oxygens (including phenoxy) is 1. The quantitative estimate of drug-likeness (QED) is 0.788. The maximum absolute atomic E-state index is 12.5. The number of aromatic nitrogens is 1. The lowest BCUT2D eigenvalue weighted by Crippen LogP contribution is -2.38. The summed E-state index contributed by atoms with van der Waals surface area (Å²) >= 11 is 0.953. The molecule has 0 amide bonds. The first-order chi connectivity index (χ1) is 8.96. The molecule has 1 aliphatic rings. The van der Waals surface area contributed by atoms with Crippen LogP contribution in [-0.2, 0) is 14.8 Å². The lowest BCUT2D eigenvalue weighted by atomic mass is 10.0. The Bertz CT molecular complexity index is 559. The number of thiazole rings is 1. The van der Waals surface area contributed by atoms with E-state index >= 15 is 0 Å². The number of piperidine rings is 1. The molecule has 1 aromatic rings. The molecule has 2 heterocycles. The largest absolute Gasteiger partial charge is 0.464 e. The molecule has 0 spiro atoms. The maximum Gasteiger partial charge on any atom is 0.358 e. The maximum atomic E-state index is 12.5. The summed E-state index contributed by atoms with van der Waals surface area (Å²) in [5.41, 5.74) is 1.23. The second kappa shape index (κ2) is 5.56. The normalized spacial score (nSPS) is 18.4. The second-order valence-electron chi connectivity index (χ2n) is 4.57. The van der Waals surface area contributed by atoms with Crippen molar-refractivity contribution in [2.75, 3.05) is 20.2 Å². The highest BCUT2D eigenvalue weighted by molar-refractivity contribution is 7.91. The number of esters is 1. The summed E-state index contributed by atoms with van der Waals surface area (Å²) in [6.07, 6.45) is 1.68. The highest BCUT2D eigenvalue weighted by atomic mass is 32.2. The fourth-order valence-corrected chi connectivity index (χ4v) is 4.73. The van der Waals surface area contributed by atoms with Crippen LogP contribution >= 0.6 is 11.3 Å². The van der Waals surface area contributed by atoms with Crippen molar-refractivity contribution >= 4 is 27.3 Å². The van der Waals surface area contributed by atoms with Gasteiger partial charge < -0.3 is 4.74 Å².